The van der Waals surface area contributed by atoms with E-state index in [1.54, 1.807) is 24.3 Å². The molecule has 14 nitrogen and oxygen atoms in total. The van der Waals surface area contributed by atoms with Crippen LogP contribution in [0.15, 0.2) is 36.4 Å². The highest BCUT2D eigenvalue weighted by Crippen LogP contribution is 2.20. The number of rotatable bonds is 19. The number of anilines is 1. The fourth-order valence-electron chi connectivity index (χ4n) is 4.92. The molecule has 0 aliphatic carbocycles. The molecule has 1 aliphatic heterocycles. The molecule has 1 aromatic carbocycles. The van der Waals surface area contributed by atoms with E-state index in [1.165, 1.54) is 12.2 Å². The Kier molecular flexibility index (Phi) is 15.7. The quantitative estimate of drug-likeness (QED) is 0.109. The van der Waals surface area contributed by atoms with Gasteiger partial charge in [0.1, 0.15) is 6.61 Å². The second-order valence-electron chi connectivity index (χ2n) is 13.2. The number of unbranched alkanes of at least 4 members (excludes halogenated alkanes) is 2. The number of hydrogen-bond acceptors (Lipinski definition) is 8. The molecule has 1 heterocycles. The highest BCUT2D eigenvalue weighted by Gasteiger charge is 2.29. The molecule has 2 atom stereocenters. The van der Waals surface area contributed by atoms with Gasteiger partial charge in [0.2, 0.25) is 11.8 Å². The van der Waals surface area contributed by atoms with E-state index in [0.717, 1.165) is 4.90 Å². The van der Waals surface area contributed by atoms with Crippen molar-refractivity contribution in [3.05, 3.63) is 42.0 Å². The molecule has 6 N–H and O–H groups in total. The first-order valence-corrected chi connectivity index (χ1v) is 16.3. The average Bonchev–Trinajstić information content (AvgIpc) is 3.31. The Balaban J connectivity index is 1.94. The van der Waals surface area contributed by atoms with Gasteiger partial charge in [-0.15, -0.1) is 0 Å². The molecule has 7 amide bonds. The SMILES string of the molecule is CC(C)[C@H](NC(=O)CCCCCN1C(=O)C=CC1=O)C(=O)C[C@@H](CCCNC(N)=O)C(=O)Nc1ccc(COC(=O)NC(C)(C)C)cc1. The molecular weight excluding hydrogens is 620 g/mol. The van der Waals surface area contributed by atoms with Crippen molar-refractivity contribution in [1.82, 2.24) is 20.9 Å². The van der Waals surface area contributed by atoms with Crippen LogP contribution < -0.4 is 27.0 Å². The van der Waals surface area contributed by atoms with Gasteiger partial charge in [0.05, 0.1) is 6.04 Å². The van der Waals surface area contributed by atoms with Crippen molar-refractivity contribution < 1.29 is 38.3 Å². The van der Waals surface area contributed by atoms with Gasteiger partial charge in [0.25, 0.3) is 11.8 Å². The summed E-state index contributed by atoms with van der Waals surface area (Å²) in [6.07, 6.45) is 4.33. The third-order valence-electron chi connectivity index (χ3n) is 7.43. The van der Waals surface area contributed by atoms with E-state index in [4.69, 9.17) is 10.5 Å². The highest BCUT2D eigenvalue weighted by atomic mass is 16.5. The molecule has 14 heteroatoms. The van der Waals surface area contributed by atoms with Crippen LogP contribution in [0, 0.1) is 11.8 Å². The fourth-order valence-corrected chi connectivity index (χ4v) is 4.92. The number of imide groups is 1. The topological polar surface area (TPSA) is 206 Å². The molecule has 0 unspecified atom stereocenters. The molecule has 2 rings (SSSR count). The Bertz CT molecular complexity index is 1320. The summed E-state index contributed by atoms with van der Waals surface area (Å²) >= 11 is 0. The molecule has 0 bridgehead atoms. The predicted octanol–water partition coefficient (Wildman–Crippen LogP) is 3.30. The van der Waals surface area contributed by atoms with Gasteiger partial charge in [0, 0.05) is 55.2 Å². The zero-order chi connectivity index (χ0) is 35.9. The maximum atomic E-state index is 13.5. The maximum Gasteiger partial charge on any atom is 0.407 e. The Morgan fingerprint density at radius 3 is 2.15 bits per heavy atom. The van der Waals surface area contributed by atoms with Gasteiger partial charge in [-0.25, -0.2) is 9.59 Å². The second-order valence-corrected chi connectivity index (χ2v) is 13.2. The number of primary amides is 1. The van der Waals surface area contributed by atoms with Crippen molar-refractivity contribution in [3.8, 4) is 0 Å². The molecule has 0 radical (unpaired) electrons. The lowest BCUT2D eigenvalue weighted by Crippen LogP contribution is -2.45. The summed E-state index contributed by atoms with van der Waals surface area (Å²) in [5.41, 5.74) is 5.92. The third-order valence-corrected chi connectivity index (χ3v) is 7.43. The van der Waals surface area contributed by atoms with Gasteiger partial charge in [-0.2, -0.15) is 0 Å². The zero-order valence-electron chi connectivity index (χ0n) is 28.6. The van der Waals surface area contributed by atoms with Crippen LogP contribution in [0.1, 0.15) is 85.1 Å². The number of urea groups is 1. The number of Topliss-reactive ketones (excluding diaryl/α,β-unsaturated/α-hetero) is 1. The number of carbonyl (C=O) groups is 7. The molecular formula is C34H50N6O8. The molecule has 0 aromatic heterocycles. The molecule has 0 saturated carbocycles. The van der Waals surface area contributed by atoms with Crippen molar-refractivity contribution in [2.75, 3.05) is 18.4 Å². The number of carbonyl (C=O) groups excluding carboxylic acids is 7. The normalized spacial score (nSPS) is 14.0. The van der Waals surface area contributed by atoms with Crippen molar-refractivity contribution in [2.24, 2.45) is 17.6 Å². The van der Waals surface area contributed by atoms with Crippen molar-refractivity contribution in [2.45, 2.75) is 97.8 Å². The Labute approximate surface area is 281 Å². The van der Waals surface area contributed by atoms with E-state index in [-0.39, 0.29) is 68.4 Å². The molecule has 264 valence electrons. The maximum absolute atomic E-state index is 13.5. The standard InChI is InChI=1S/C34H50N6O8/c1-22(2)30(38-27(42)11-7-6-8-19-40-28(43)16-17-29(40)44)26(41)20-24(10-9-18-36-32(35)46)31(45)37-25-14-12-23(13-15-25)21-48-33(47)39-34(3,4)5/h12-17,22,24,30H,6-11,18-21H2,1-5H3,(H,37,45)(H,38,42)(H,39,47)(H3,35,36,46)/t24-,30+/m1/s1. The zero-order valence-corrected chi connectivity index (χ0v) is 28.6. The van der Waals surface area contributed by atoms with E-state index >= 15 is 0 Å². The molecule has 48 heavy (non-hydrogen) atoms. The Morgan fingerprint density at radius 1 is 0.917 bits per heavy atom. The summed E-state index contributed by atoms with van der Waals surface area (Å²) in [6.45, 7) is 9.70. The van der Waals surface area contributed by atoms with Crippen molar-refractivity contribution in [1.29, 1.82) is 0 Å². The first-order valence-electron chi connectivity index (χ1n) is 16.3. The summed E-state index contributed by atoms with van der Waals surface area (Å²) in [4.78, 5) is 87.1. The number of amides is 7. The van der Waals surface area contributed by atoms with Gasteiger partial charge < -0.3 is 31.7 Å². The lowest BCUT2D eigenvalue weighted by Gasteiger charge is -2.24. The van der Waals surface area contributed by atoms with Gasteiger partial charge >= 0.3 is 12.1 Å². The second kappa shape index (κ2) is 19.2. The van der Waals surface area contributed by atoms with Crippen LogP contribution in [0.5, 0.6) is 0 Å². The number of nitrogens with zero attached hydrogens (tertiary/aromatic N) is 1. The number of nitrogens with two attached hydrogens (primary N) is 1. The minimum atomic E-state index is -0.808. The smallest absolute Gasteiger partial charge is 0.407 e. The number of ketones is 1. The van der Waals surface area contributed by atoms with Gasteiger partial charge in [-0.3, -0.25) is 28.9 Å². The molecule has 0 fully saturated rings. The Hall–Kier alpha value is -4.75. The van der Waals surface area contributed by atoms with Crippen LogP contribution in [0.4, 0.5) is 15.3 Å². The van der Waals surface area contributed by atoms with Crippen molar-refractivity contribution in [3.63, 3.8) is 0 Å². The van der Waals surface area contributed by atoms with E-state index < -0.39 is 35.5 Å². The minimum absolute atomic E-state index is 0.0424. The number of benzene rings is 1. The number of ether oxygens (including phenoxy) is 1. The molecule has 0 spiro atoms. The van der Waals surface area contributed by atoms with Gasteiger partial charge in [-0.05, 0) is 70.1 Å². The van der Waals surface area contributed by atoms with E-state index in [0.29, 0.717) is 36.9 Å². The first-order chi connectivity index (χ1) is 22.6. The lowest BCUT2D eigenvalue weighted by molar-refractivity contribution is -0.137. The van der Waals surface area contributed by atoms with Crippen LogP contribution in [-0.4, -0.2) is 71.1 Å². The van der Waals surface area contributed by atoms with Gasteiger partial charge in [-0.1, -0.05) is 32.4 Å². The van der Waals surface area contributed by atoms with Crippen LogP contribution in [0.25, 0.3) is 0 Å². The summed E-state index contributed by atoms with van der Waals surface area (Å²) in [5.74, 6) is -2.65. The largest absolute Gasteiger partial charge is 0.445 e. The van der Waals surface area contributed by atoms with Crippen LogP contribution in [0.3, 0.4) is 0 Å². The third kappa shape index (κ3) is 14.8. The monoisotopic (exact) mass is 670 g/mol. The van der Waals surface area contributed by atoms with Crippen molar-refractivity contribution >= 4 is 47.2 Å². The molecule has 1 aliphatic rings. The van der Waals surface area contributed by atoms with Crippen LogP contribution in [-0.2, 0) is 35.3 Å². The van der Waals surface area contributed by atoms with Gasteiger partial charge in [0.15, 0.2) is 5.78 Å². The molecule has 1 aromatic rings. The summed E-state index contributed by atoms with van der Waals surface area (Å²) < 4.78 is 5.24. The number of hydrogen-bond donors (Lipinski definition) is 5. The molecule has 0 saturated heterocycles. The van der Waals surface area contributed by atoms with E-state index in [2.05, 4.69) is 21.3 Å². The fraction of sp³-hybridized carbons (Fsp3) is 0.559. The van der Waals surface area contributed by atoms with E-state index in [9.17, 15) is 33.6 Å². The summed E-state index contributed by atoms with van der Waals surface area (Å²) in [6, 6.07) is 5.26. The summed E-state index contributed by atoms with van der Waals surface area (Å²) in [7, 11) is 0. The van der Waals surface area contributed by atoms with Crippen LogP contribution in [0.2, 0.25) is 0 Å². The lowest BCUT2D eigenvalue weighted by atomic mass is 9.89. The van der Waals surface area contributed by atoms with E-state index in [1.807, 2.05) is 34.6 Å². The first kappa shape index (κ1) is 39.4. The number of alkyl carbamates (subject to hydrolysis) is 1. The van der Waals surface area contributed by atoms with Crippen LogP contribution >= 0.6 is 0 Å². The minimum Gasteiger partial charge on any atom is -0.445 e. The Morgan fingerprint density at radius 2 is 1.56 bits per heavy atom. The highest BCUT2D eigenvalue weighted by molar-refractivity contribution is 6.12. The predicted molar refractivity (Wildman–Crippen MR) is 179 cm³/mol. The summed E-state index contributed by atoms with van der Waals surface area (Å²) in [5, 5.41) is 10.8. The average molecular weight is 671 g/mol. The number of nitrogens with one attached hydrogen (secondary N) is 4.